The molecule has 5 nitrogen and oxygen atoms in total. The van der Waals surface area contributed by atoms with E-state index in [4.69, 9.17) is 4.98 Å². The van der Waals surface area contributed by atoms with Crippen molar-refractivity contribution in [2.45, 2.75) is 0 Å². The van der Waals surface area contributed by atoms with Crippen LogP contribution in [0.1, 0.15) is 0 Å². The van der Waals surface area contributed by atoms with Gasteiger partial charge in [0.1, 0.15) is 5.82 Å². The lowest BCUT2D eigenvalue weighted by atomic mass is 10.00. The molecule has 0 saturated carbocycles. The predicted molar refractivity (Wildman–Crippen MR) is 228 cm³/mol. The Morgan fingerprint density at radius 2 is 0.855 bits per heavy atom. The molecule has 0 bridgehead atoms. The monoisotopic (exact) mass is 701 g/mol. The van der Waals surface area contributed by atoms with Crippen molar-refractivity contribution in [3.8, 4) is 28.5 Å². The number of benzene rings is 8. The number of aromatic nitrogens is 5. The quantitative estimate of drug-likeness (QED) is 0.171. The molecule has 0 saturated heterocycles. The minimum Gasteiger partial charge on any atom is -0.309 e. The molecule has 0 atom stereocenters. The minimum atomic E-state index is 0.925. The SMILES string of the molecule is c1ccc(-c2nc3c4ccccc4c4ccccc4c3n2-c2ccc(-n3c4ccccc4c4cc5c(cc43)c3ccccc3n5-c3cccnc3)cc2)cc1. The molecule has 4 heterocycles. The first-order valence-electron chi connectivity index (χ1n) is 18.7. The maximum absolute atomic E-state index is 5.42. The largest absolute Gasteiger partial charge is 0.309 e. The number of fused-ring (bicyclic) bond motifs is 12. The van der Waals surface area contributed by atoms with Crippen LogP contribution in [-0.4, -0.2) is 23.7 Å². The van der Waals surface area contributed by atoms with Crippen molar-refractivity contribution in [2.75, 3.05) is 0 Å². The number of nitrogens with zero attached hydrogens (tertiary/aromatic N) is 5. The second-order valence-electron chi connectivity index (χ2n) is 14.2. The van der Waals surface area contributed by atoms with Crippen molar-refractivity contribution in [3.05, 3.63) is 188 Å². The lowest BCUT2D eigenvalue weighted by Crippen LogP contribution is -2.00. The fourth-order valence-corrected chi connectivity index (χ4v) is 8.96. The zero-order valence-corrected chi connectivity index (χ0v) is 29.6. The van der Waals surface area contributed by atoms with Gasteiger partial charge in [-0.2, -0.15) is 0 Å². The van der Waals surface area contributed by atoms with E-state index in [0.717, 1.165) is 44.9 Å². The lowest BCUT2D eigenvalue weighted by Gasteiger charge is -2.14. The van der Waals surface area contributed by atoms with Gasteiger partial charge in [-0.25, -0.2) is 4.98 Å². The lowest BCUT2D eigenvalue weighted by molar-refractivity contribution is 1.10. The normalized spacial score (nSPS) is 12.0. The maximum Gasteiger partial charge on any atom is 0.145 e. The fraction of sp³-hybridized carbons (Fsp3) is 0. The third-order valence-corrected chi connectivity index (χ3v) is 11.3. The second kappa shape index (κ2) is 11.5. The summed E-state index contributed by atoms with van der Waals surface area (Å²) < 4.78 is 7.10. The van der Waals surface area contributed by atoms with Gasteiger partial charge < -0.3 is 9.13 Å². The Kier molecular flexibility index (Phi) is 6.27. The Labute approximate surface area is 315 Å². The van der Waals surface area contributed by atoms with Crippen LogP contribution in [0.15, 0.2) is 188 Å². The summed E-state index contributed by atoms with van der Waals surface area (Å²) in [6.45, 7) is 0. The molecule has 0 radical (unpaired) electrons. The summed E-state index contributed by atoms with van der Waals surface area (Å²) in [7, 11) is 0. The van der Waals surface area contributed by atoms with Crippen LogP contribution in [-0.2, 0) is 0 Å². The first kappa shape index (κ1) is 30.0. The molecule has 0 aliphatic rings. The molecule has 55 heavy (non-hydrogen) atoms. The molecular weight excluding hydrogens is 671 g/mol. The Hall–Kier alpha value is -7.50. The van der Waals surface area contributed by atoms with Gasteiger partial charge in [0.05, 0.1) is 45.0 Å². The highest BCUT2D eigenvalue weighted by atomic mass is 15.1. The van der Waals surface area contributed by atoms with Crippen LogP contribution < -0.4 is 0 Å². The Bertz CT molecular complexity index is 3460. The summed E-state index contributed by atoms with van der Waals surface area (Å²) in [4.78, 5) is 9.89. The van der Waals surface area contributed by atoms with Crippen LogP contribution in [0.2, 0.25) is 0 Å². The topological polar surface area (TPSA) is 40.6 Å². The van der Waals surface area contributed by atoms with E-state index in [1.165, 1.54) is 59.8 Å². The van der Waals surface area contributed by atoms with E-state index in [0.29, 0.717) is 0 Å². The number of para-hydroxylation sites is 2. The third kappa shape index (κ3) is 4.29. The highest BCUT2D eigenvalue weighted by Crippen LogP contribution is 2.41. The van der Waals surface area contributed by atoms with Gasteiger partial charge in [-0.05, 0) is 71.4 Å². The van der Waals surface area contributed by atoms with E-state index in [-0.39, 0.29) is 0 Å². The molecule has 0 N–H and O–H groups in total. The minimum absolute atomic E-state index is 0.925. The van der Waals surface area contributed by atoms with E-state index >= 15 is 0 Å². The predicted octanol–water partition coefficient (Wildman–Crippen LogP) is 12.6. The molecule has 12 rings (SSSR count). The average Bonchev–Trinajstić information content (AvgIpc) is 3.92. The van der Waals surface area contributed by atoms with Gasteiger partial charge >= 0.3 is 0 Å². The summed E-state index contributed by atoms with van der Waals surface area (Å²) in [6, 6.07) is 63.2. The second-order valence-corrected chi connectivity index (χ2v) is 14.2. The average molecular weight is 702 g/mol. The van der Waals surface area contributed by atoms with E-state index in [1.807, 2.05) is 18.5 Å². The Morgan fingerprint density at radius 3 is 1.47 bits per heavy atom. The molecule has 8 aromatic carbocycles. The first-order chi connectivity index (χ1) is 27.3. The van der Waals surface area contributed by atoms with Crippen molar-refractivity contribution < 1.29 is 0 Å². The van der Waals surface area contributed by atoms with E-state index in [2.05, 4.69) is 189 Å². The molecule has 0 aliphatic carbocycles. The zero-order valence-electron chi connectivity index (χ0n) is 29.6. The third-order valence-electron chi connectivity index (χ3n) is 11.3. The van der Waals surface area contributed by atoms with Crippen LogP contribution in [0.25, 0.3) is 105 Å². The van der Waals surface area contributed by atoms with E-state index in [9.17, 15) is 0 Å². The molecule has 0 unspecified atom stereocenters. The van der Waals surface area contributed by atoms with Crippen molar-refractivity contribution >= 4 is 76.2 Å². The molecular formula is C50H31N5. The number of pyridine rings is 1. The van der Waals surface area contributed by atoms with Gasteiger partial charge in [0.25, 0.3) is 0 Å². The zero-order chi connectivity index (χ0) is 36.0. The molecule has 256 valence electrons. The summed E-state index contributed by atoms with van der Waals surface area (Å²) in [5.74, 6) is 0.925. The van der Waals surface area contributed by atoms with Crippen LogP contribution in [0.3, 0.4) is 0 Å². The van der Waals surface area contributed by atoms with Gasteiger partial charge in [-0.1, -0.05) is 115 Å². The number of rotatable bonds is 4. The standard InChI is InChI=1S/C50H31N5/c1-2-13-32(14-3-1)50-52-48-40-20-6-4-16-36(40)37-17-5-7-21-41(37)49(48)55(50)34-26-24-33(25-27-34)53-44-22-10-8-18-38(44)42-30-47-43(29-46(42)53)39-19-9-11-23-45(39)54(47)35-15-12-28-51-31-35/h1-31H. The summed E-state index contributed by atoms with van der Waals surface area (Å²) in [6.07, 6.45) is 3.77. The van der Waals surface area contributed by atoms with E-state index < -0.39 is 0 Å². The Balaban J connectivity index is 1.12. The Morgan fingerprint density at radius 1 is 0.345 bits per heavy atom. The summed E-state index contributed by atoms with van der Waals surface area (Å²) >= 11 is 0. The smallest absolute Gasteiger partial charge is 0.145 e. The van der Waals surface area contributed by atoms with Crippen molar-refractivity contribution in [1.82, 2.24) is 23.7 Å². The highest BCUT2D eigenvalue weighted by molar-refractivity contribution is 6.24. The maximum atomic E-state index is 5.42. The van der Waals surface area contributed by atoms with Crippen molar-refractivity contribution in [2.24, 2.45) is 0 Å². The highest BCUT2D eigenvalue weighted by Gasteiger charge is 2.22. The number of hydrogen-bond donors (Lipinski definition) is 0. The van der Waals surface area contributed by atoms with Crippen LogP contribution >= 0.6 is 0 Å². The molecule has 0 spiro atoms. The molecule has 4 aromatic heterocycles. The fourth-order valence-electron chi connectivity index (χ4n) is 8.96. The van der Waals surface area contributed by atoms with E-state index in [1.54, 1.807) is 0 Å². The molecule has 12 aromatic rings. The van der Waals surface area contributed by atoms with Gasteiger partial charge in [-0.3, -0.25) is 9.55 Å². The van der Waals surface area contributed by atoms with Gasteiger partial charge in [0.15, 0.2) is 0 Å². The number of imidazole rings is 1. The first-order valence-corrected chi connectivity index (χ1v) is 18.7. The van der Waals surface area contributed by atoms with Crippen LogP contribution in [0, 0.1) is 0 Å². The van der Waals surface area contributed by atoms with Gasteiger partial charge in [0, 0.05) is 55.5 Å². The van der Waals surface area contributed by atoms with Crippen LogP contribution in [0.4, 0.5) is 0 Å². The van der Waals surface area contributed by atoms with Gasteiger partial charge in [-0.15, -0.1) is 0 Å². The van der Waals surface area contributed by atoms with Gasteiger partial charge in [0.2, 0.25) is 0 Å². The molecule has 0 fully saturated rings. The molecule has 5 heteroatoms. The summed E-state index contributed by atoms with van der Waals surface area (Å²) in [5, 5.41) is 9.65. The molecule has 0 amide bonds. The van der Waals surface area contributed by atoms with Crippen LogP contribution in [0.5, 0.6) is 0 Å². The number of hydrogen-bond acceptors (Lipinski definition) is 2. The summed E-state index contributed by atoms with van der Waals surface area (Å²) in [5.41, 5.74) is 11.1. The van der Waals surface area contributed by atoms with Crippen molar-refractivity contribution in [3.63, 3.8) is 0 Å². The molecule has 0 aliphatic heterocycles. The van der Waals surface area contributed by atoms with Crippen molar-refractivity contribution in [1.29, 1.82) is 0 Å².